The van der Waals surface area contributed by atoms with Gasteiger partial charge in [0.1, 0.15) is 11.4 Å². The zero-order valence-corrected chi connectivity index (χ0v) is 21.9. The molecule has 0 aromatic heterocycles. The van der Waals surface area contributed by atoms with Crippen LogP contribution in [-0.4, -0.2) is 52.5 Å². The number of thiocarbonyl (C=S) groups is 1. The minimum absolute atomic E-state index is 0.113. The molecule has 1 aliphatic carbocycles. The Balaban J connectivity index is 1.57. The predicted octanol–water partition coefficient (Wildman–Crippen LogP) is 3.71. The number of aryl methyl sites for hydroxylation is 1. The summed E-state index contributed by atoms with van der Waals surface area (Å²) in [7, 11) is 1.89. The van der Waals surface area contributed by atoms with E-state index in [1.165, 1.54) is 28.7 Å². The van der Waals surface area contributed by atoms with E-state index in [0.717, 1.165) is 12.0 Å². The third-order valence-electron chi connectivity index (χ3n) is 8.44. The Bertz CT molecular complexity index is 1400. The molecule has 6 nitrogen and oxygen atoms in total. The summed E-state index contributed by atoms with van der Waals surface area (Å²) in [4.78, 5) is 32.2. The second-order valence-corrected chi connectivity index (χ2v) is 10.9. The molecular formula is C28H26ClFN4O2S. The molecule has 5 atom stereocenters. The lowest BCUT2D eigenvalue weighted by Crippen LogP contribution is -2.72. The normalized spacial score (nSPS) is 32.5. The summed E-state index contributed by atoms with van der Waals surface area (Å²) in [5.41, 5.74) is -0.194. The number of likely N-dealkylation sites (tertiary alicyclic amines) is 1. The number of carbonyl (C=O) groups is 2. The third-order valence-corrected chi connectivity index (χ3v) is 9.02. The molecule has 3 aliphatic heterocycles. The van der Waals surface area contributed by atoms with Gasteiger partial charge in [-0.25, -0.2) is 4.39 Å². The van der Waals surface area contributed by atoms with E-state index in [-0.39, 0.29) is 33.9 Å². The first-order valence-corrected chi connectivity index (χ1v) is 13.1. The molecule has 4 aliphatic rings. The third kappa shape index (κ3) is 3.09. The molecule has 190 valence electrons. The number of allylic oxidation sites excluding steroid dienone is 2. The van der Waals surface area contributed by atoms with Gasteiger partial charge in [-0.3, -0.25) is 19.4 Å². The number of carbonyl (C=O) groups excluding carboxylic acids is 2. The van der Waals surface area contributed by atoms with Gasteiger partial charge < -0.3 is 10.6 Å². The highest BCUT2D eigenvalue weighted by atomic mass is 35.5. The molecule has 2 spiro atoms. The van der Waals surface area contributed by atoms with Gasteiger partial charge in [0, 0.05) is 18.4 Å². The number of halogens is 2. The molecule has 3 heterocycles. The van der Waals surface area contributed by atoms with Gasteiger partial charge in [0.15, 0.2) is 10.7 Å². The van der Waals surface area contributed by atoms with Gasteiger partial charge in [-0.05, 0) is 55.0 Å². The van der Waals surface area contributed by atoms with Crippen molar-refractivity contribution in [1.29, 1.82) is 0 Å². The second-order valence-electron chi connectivity index (χ2n) is 10.1. The van der Waals surface area contributed by atoms with Gasteiger partial charge in [-0.15, -0.1) is 0 Å². The Labute approximate surface area is 225 Å². The fraction of sp³-hybridized carbons (Fsp3) is 0.321. The summed E-state index contributed by atoms with van der Waals surface area (Å²) in [6.07, 6.45) is 8.67. The van der Waals surface area contributed by atoms with Crippen LogP contribution in [0.25, 0.3) is 0 Å². The molecular weight excluding hydrogens is 511 g/mol. The average Bonchev–Trinajstić information content (AvgIpc) is 3.44. The molecule has 6 rings (SSSR count). The molecule has 2 amide bonds. The average molecular weight is 537 g/mol. The largest absolute Gasteiger partial charge is 0.347 e. The van der Waals surface area contributed by atoms with Crippen molar-refractivity contribution >= 4 is 46.4 Å². The van der Waals surface area contributed by atoms with E-state index in [4.69, 9.17) is 23.8 Å². The summed E-state index contributed by atoms with van der Waals surface area (Å²) in [5.74, 6) is -1.87. The van der Waals surface area contributed by atoms with Crippen molar-refractivity contribution in [1.82, 2.24) is 15.5 Å². The van der Waals surface area contributed by atoms with Crippen LogP contribution in [0.2, 0.25) is 5.02 Å². The Morgan fingerprint density at radius 2 is 1.86 bits per heavy atom. The van der Waals surface area contributed by atoms with Crippen LogP contribution in [0.5, 0.6) is 0 Å². The molecule has 9 heteroatoms. The predicted molar refractivity (Wildman–Crippen MR) is 145 cm³/mol. The standard InChI is InChI=1S/C28H26ClFN4O2S/c1-3-16-8-10-17(11-9-16)20-15-33(2)28(19-6-4-5-7-23(19)31-24(28)35)27(20)25(36)34(26(37)32-27)18-12-13-22(30)21(29)14-18/h4-14,19-20,23H,3,15H2,1-2H3,(H,31,35)(H,32,37)/t19-,20+,23?,27-,28-/m1/s1. The van der Waals surface area contributed by atoms with Gasteiger partial charge in [-0.1, -0.05) is 67.1 Å². The second kappa shape index (κ2) is 8.48. The van der Waals surface area contributed by atoms with Crippen LogP contribution in [0.4, 0.5) is 10.1 Å². The van der Waals surface area contributed by atoms with Crippen LogP contribution in [0.3, 0.4) is 0 Å². The number of amides is 2. The topological polar surface area (TPSA) is 64.7 Å². The highest BCUT2D eigenvalue weighted by molar-refractivity contribution is 7.80. The first-order valence-electron chi connectivity index (χ1n) is 12.3. The van der Waals surface area contributed by atoms with Crippen LogP contribution < -0.4 is 15.5 Å². The molecule has 2 aromatic carbocycles. The van der Waals surface area contributed by atoms with Gasteiger partial charge >= 0.3 is 0 Å². The Morgan fingerprint density at radius 3 is 2.57 bits per heavy atom. The summed E-state index contributed by atoms with van der Waals surface area (Å²) in [6.45, 7) is 2.55. The summed E-state index contributed by atoms with van der Waals surface area (Å²) in [5, 5.41) is 6.54. The van der Waals surface area contributed by atoms with Crippen molar-refractivity contribution in [3.63, 3.8) is 0 Å². The van der Waals surface area contributed by atoms with E-state index in [1.807, 2.05) is 48.4 Å². The summed E-state index contributed by atoms with van der Waals surface area (Å²) < 4.78 is 14.0. The lowest BCUT2D eigenvalue weighted by atomic mass is 9.63. The maximum absolute atomic E-state index is 14.8. The van der Waals surface area contributed by atoms with Crippen molar-refractivity contribution in [3.8, 4) is 0 Å². The quantitative estimate of drug-likeness (QED) is 0.586. The monoisotopic (exact) mass is 536 g/mol. The number of rotatable bonds is 3. The minimum Gasteiger partial charge on any atom is -0.347 e. The minimum atomic E-state index is -1.41. The molecule has 0 saturated carbocycles. The first kappa shape index (κ1) is 24.3. The van der Waals surface area contributed by atoms with Crippen molar-refractivity contribution in [2.45, 2.75) is 36.4 Å². The van der Waals surface area contributed by atoms with E-state index in [0.29, 0.717) is 12.2 Å². The van der Waals surface area contributed by atoms with Crippen molar-refractivity contribution in [3.05, 3.63) is 88.7 Å². The van der Waals surface area contributed by atoms with Crippen molar-refractivity contribution < 1.29 is 14.0 Å². The number of hydrogen-bond acceptors (Lipinski definition) is 4. The van der Waals surface area contributed by atoms with Gasteiger partial charge in [-0.2, -0.15) is 0 Å². The van der Waals surface area contributed by atoms with Crippen molar-refractivity contribution in [2.24, 2.45) is 5.92 Å². The first-order chi connectivity index (χ1) is 17.8. The van der Waals surface area contributed by atoms with E-state index < -0.39 is 22.8 Å². The van der Waals surface area contributed by atoms with Crippen LogP contribution in [-0.2, 0) is 16.0 Å². The molecule has 0 bridgehead atoms. The van der Waals surface area contributed by atoms with Gasteiger partial charge in [0.2, 0.25) is 5.91 Å². The van der Waals surface area contributed by atoms with Crippen LogP contribution >= 0.6 is 23.8 Å². The van der Waals surface area contributed by atoms with Gasteiger partial charge in [0.25, 0.3) is 5.91 Å². The number of hydrogen-bond donors (Lipinski definition) is 2. The number of benzene rings is 2. The maximum Gasteiger partial charge on any atom is 0.262 e. The summed E-state index contributed by atoms with van der Waals surface area (Å²) in [6, 6.07) is 12.0. The van der Waals surface area contributed by atoms with Gasteiger partial charge in [0.05, 0.1) is 16.8 Å². The molecule has 1 unspecified atom stereocenters. The number of fused-ring (bicyclic) bond motifs is 3. The molecule has 37 heavy (non-hydrogen) atoms. The Hall–Kier alpha value is -3.07. The molecule has 0 radical (unpaired) electrons. The van der Waals surface area contributed by atoms with E-state index in [1.54, 1.807) is 0 Å². The molecule has 2 aromatic rings. The van der Waals surface area contributed by atoms with Crippen LogP contribution in [0, 0.1) is 11.7 Å². The number of nitrogens with zero attached hydrogens (tertiary/aromatic N) is 2. The SMILES string of the molecule is CCc1ccc([C@@H]2CN(C)[C@]3(C(=O)NC4C=CC=C[C@H]43)[C@@]23NC(=S)N(c2ccc(F)c(Cl)c2)C3=O)cc1. The van der Waals surface area contributed by atoms with E-state index in [9.17, 15) is 14.0 Å². The van der Waals surface area contributed by atoms with Crippen LogP contribution in [0.15, 0.2) is 66.8 Å². The highest BCUT2D eigenvalue weighted by Crippen LogP contribution is 2.57. The number of anilines is 1. The van der Waals surface area contributed by atoms with Crippen LogP contribution in [0.1, 0.15) is 24.0 Å². The molecule has 3 fully saturated rings. The lowest BCUT2D eigenvalue weighted by Gasteiger charge is -2.45. The molecule has 3 saturated heterocycles. The lowest BCUT2D eigenvalue weighted by molar-refractivity contribution is -0.139. The fourth-order valence-electron chi connectivity index (χ4n) is 6.79. The zero-order valence-electron chi connectivity index (χ0n) is 20.4. The summed E-state index contributed by atoms with van der Waals surface area (Å²) >= 11 is 11.8. The Kier molecular flexibility index (Phi) is 5.56. The maximum atomic E-state index is 14.8. The van der Waals surface area contributed by atoms with Crippen molar-refractivity contribution in [2.75, 3.05) is 18.5 Å². The Morgan fingerprint density at radius 1 is 1.14 bits per heavy atom. The zero-order chi connectivity index (χ0) is 26.1. The van der Waals surface area contributed by atoms with E-state index in [2.05, 4.69) is 29.7 Å². The highest BCUT2D eigenvalue weighted by Gasteiger charge is 2.79. The number of likely N-dealkylation sites (N-methyl/N-ethyl adjacent to an activating group) is 1. The molecule has 2 N–H and O–H groups in total. The smallest absolute Gasteiger partial charge is 0.262 e. The fourth-order valence-corrected chi connectivity index (χ4v) is 7.31. The van der Waals surface area contributed by atoms with E-state index >= 15 is 0 Å². The number of nitrogens with one attached hydrogen (secondary N) is 2.